The quantitative estimate of drug-likeness (QED) is 0.134. The Hall–Kier alpha value is -2.94. The molecule has 0 aliphatic carbocycles. The number of alkyl halides is 38. The van der Waals surface area contributed by atoms with Crippen LogP contribution >= 0.6 is 0 Å². The second kappa shape index (κ2) is 61.3. The summed E-state index contributed by atoms with van der Waals surface area (Å²) in [6.07, 6.45) is -14.8. The third-order valence-corrected chi connectivity index (χ3v) is 5.46. The molecule has 0 aliphatic heterocycles. The van der Waals surface area contributed by atoms with Gasteiger partial charge in [0.15, 0.2) is 20.0 Å². The van der Waals surface area contributed by atoms with Gasteiger partial charge in [0, 0.05) is 20.8 Å². The molecular weight excluding hydrogens is 1300 g/mol. The van der Waals surface area contributed by atoms with Gasteiger partial charge >= 0.3 is 66.3 Å². The van der Waals surface area contributed by atoms with Crippen LogP contribution in [0, 0.1) is 0 Å². The Bertz CT molecular complexity index is 1110. The number of nitrogens with zero attached hydrogens (tertiary/aromatic N) is 7. The first kappa shape index (κ1) is 120. The summed E-state index contributed by atoms with van der Waals surface area (Å²) in [4.78, 5) is 5.77. The van der Waals surface area contributed by atoms with E-state index in [-0.39, 0.29) is 62.7 Å². The van der Waals surface area contributed by atoms with Crippen molar-refractivity contribution in [1.29, 1.82) is 0 Å². The second-order valence-corrected chi connectivity index (χ2v) is 15.3. The van der Waals surface area contributed by atoms with Crippen molar-refractivity contribution in [3.8, 4) is 0 Å². The van der Waals surface area contributed by atoms with Gasteiger partial charge in [-0.3, -0.25) is 37.2 Å². The molecule has 7 nitrogen and oxygen atoms in total. The van der Waals surface area contributed by atoms with Crippen LogP contribution in [0.5, 0.6) is 0 Å². The van der Waals surface area contributed by atoms with Gasteiger partial charge in [-0.15, -0.1) is 0 Å². The average Bonchev–Trinajstić information content (AvgIpc) is 3.36. The zero-order chi connectivity index (χ0) is 74.2. The minimum absolute atomic E-state index is 0.0213. The SMILES string of the molecule is CC(F)(F)C(F)(F)F.CC(F)(F)C(F)(F)F.CC(F)(F)F.CF.CF.CF.CF.CN(C)C(F)(F)C(F)(F)CF.CN(C)C(F)(F)C(F)(F)CF.CN(C)C(F)(F)C(F)(F)CF.CN(C)CF.CN(C)CF.CN(C)CF.CN(C)CF.FCF. The first-order chi connectivity index (χ1) is 37.3. The van der Waals surface area contributed by atoms with Crippen LogP contribution in [-0.4, -0.2) is 282 Å². The molecule has 0 N–H and O–H groups in total. The molecule has 45 heteroatoms. The van der Waals surface area contributed by atoms with E-state index in [2.05, 4.69) is 0 Å². The minimum atomic E-state index is -5.40. The van der Waals surface area contributed by atoms with Crippen molar-refractivity contribution in [2.45, 2.75) is 87.1 Å². The number of halogens is 38. The molecule has 0 rings (SSSR count). The Balaban J connectivity index is -0.0000000490. The van der Waals surface area contributed by atoms with Crippen molar-refractivity contribution in [2.75, 3.05) is 182 Å². The van der Waals surface area contributed by atoms with Crippen molar-refractivity contribution < 1.29 is 167 Å². The Labute approximate surface area is 470 Å². The van der Waals surface area contributed by atoms with Gasteiger partial charge in [0.25, 0.3) is 0 Å². The summed E-state index contributed by atoms with van der Waals surface area (Å²) < 4.78 is 422. The van der Waals surface area contributed by atoms with E-state index in [4.69, 9.17) is 0 Å². The van der Waals surface area contributed by atoms with Crippen molar-refractivity contribution in [3.63, 3.8) is 0 Å². The first-order valence-corrected chi connectivity index (χ1v) is 20.6. The van der Waals surface area contributed by atoms with Crippen LogP contribution in [0.2, 0.25) is 0 Å². The molecule has 0 bridgehead atoms. The Morgan fingerprint density at radius 2 is 0.306 bits per heavy atom. The highest BCUT2D eigenvalue weighted by atomic mass is 19.4. The maximum atomic E-state index is 12.3. The van der Waals surface area contributed by atoms with Crippen LogP contribution in [0.25, 0.3) is 0 Å². The van der Waals surface area contributed by atoms with E-state index in [1.165, 1.54) is 19.6 Å². The summed E-state index contributed by atoms with van der Waals surface area (Å²) in [7, 11) is 20.0. The lowest BCUT2D eigenvalue weighted by Crippen LogP contribution is -2.52. The fourth-order valence-electron chi connectivity index (χ4n) is 1.22. The third-order valence-electron chi connectivity index (χ3n) is 5.46. The molecule has 0 heterocycles. The summed E-state index contributed by atoms with van der Waals surface area (Å²) in [5, 5.41) is 0. The molecular formula is C40H79F38N7. The minimum Gasteiger partial charge on any atom is -0.283 e. The zero-order valence-corrected chi connectivity index (χ0v) is 49.6. The second-order valence-electron chi connectivity index (χ2n) is 15.3. The van der Waals surface area contributed by atoms with Crippen LogP contribution in [0.3, 0.4) is 0 Å². The highest BCUT2D eigenvalue weighted by Crippen LogP contribution is 2.38. The smallest absolute Gasteiger partial charge is 0.283 e. The van der Waals surface area contributed by atoms with E-state index in [9.17, 15) is 167 Å². The molecule has 0 aromatic carbocycles. The lowest BCUT2D eigenvalue weighted by Gasteiger charge is -2.29. The molecule has 0 aliphatic rings. The fraction of sp³-hybridized carbons (Fsp3) is 1.00. The van der Waals surface area contributed by atoms with Crippen LogP contribution in [0.15, 0.2) is 0 Å². The van der Waals surface area contributed by atoms with Crippen molar-refractivity contribution >= 4 is 0 Å². The monoisotopic (exact) mass is 1380 g/mol. The van der Waals surface area contributed by atoms with Crippen molar-refractivity contribution in [3.05, 3.63) is 0 Å². The Morgan fingerprint density at radius 1 is 0.235 bits per heavy atom. The standard InChI is InChI=1S/3C5H8F5N.2C3H3F5.4C3H8FN.C2H3F3.CH2F2.4CH3F/c3*1-11(2)5(9,10)4(7,8)3-6;2*1-2(4,5)3(6,7)8;4*1-5(2)3-4;1-2(3,4)5;2-1-3;4*1-2/h3*3H2,1-2H3;2*1H3;4*3H2,1-2H3;1H3;1H2;4*1H3. The first-order valence-electron chi connectivity index (χ1n) is 20.6. The molecule has 0 spiro atoms. The predicted molar refractivity (Wildman–Crippen MR) is 248 cm³/mol. The highest BCUT2D eigenvalue weighted by Gasteiger charge is 2.60. The van der Waals surface area contributed by atoms with Crippen LogP contribution in [-0.2, 0) is 0 Å². The highest BCUT2D eigenvalue weighted by molar-refractivity contribution is 4.83. The van der Waals surface area contributed by atoms with Crippen LogP contribution in [0.4, 0.5) is 167 Å². The molecule has 0 radical (unpaired) electrons. The third kappa shape index (κ3) is 85.3. The van der Waals surface area contributed by atoms with Crippen LogP contribution < -0.4 is 0 Å². The topological polar surface area (TPSA) is 22.7 Å². The van der Waals surface area contributed by atoms with E-state index < -0.39 is 93.2 Å². The molecule has 0 fully saturated rings. The van der Waals surface area contributed by atoms with E-state index in [0.29, 0.717) is 28.7 Å². The molecule has 540 valence electrons. The van der Waals surface area contributed by atoms with E-state index in [1.54, 1.807) is 56.4 Å². The van der Waals surface area contributed by atoms with E-state index in [1.807, 2.05) is 0 Å². The summed E-state index contributed by atoms with van der Waals surface area (Å²) in [6.45, 7) is -10.5. The fourth-order valence-corrected chi connectivity index (χ4v) is 1.22. The van der Waals surface area contributed by atoms with Gasteiger partial charge in [-0.1, -0.05) is 0 Å². The number of hydrogen-bond acceptors (Lipinski definition) is 7. The largest absolute Gasteiger partial charge is 0.452 e. The van der Waals surface area contributed by atoms with Gasteiger partial charge in [0.05, 0.1) is 28.7 Å². The summed E-state index contributed by atoms with van der Waals surface area (Å²) in [5.41, 5.74) is 0. The van der Waals surface area contributed by atoms with Crippen LogP contribution in [0.1, 0.15) is 20.8 Å². The molecule has 0 saturated heterocycles. The summed E-state index contributed by atoms with van der Waals surface area (Å²) in [5.74, 6) is -23.0. The molecule has 0 aromatic rings. The van der Waals surface area contributed by atoms with Crippen molar-refractivity contribution in [1.82, 2.24) is 34.3 Å². The zero-order valence-electron chi connectivity index (χ0n) is 49.6. The Kier molecular flexibility index (Phi) is 86.5. The normalized spacial score (nSPS) is 11.6. The van der Waals surface area contributed by atoms with Gasteiger partial charge in [0.2, 0.25) is 6.93 Å². The van der Waals surface area contributed by atoms with Gasteiger partial charge < -0.3 is 0 Å². The molecule has 0 saturated carbocycles. The summed E-state index contributed by atoms with van der Waals surface area (Å²) in [6, 6.07) is -13.3. The maximum absolute atomic E-state index is 12.3. The van der Waals surface area contributed by atoms with Gasteiger partial charge in [0.1, 0.15) is 27.2 Å². The Morgan fingerprint density at radius 3 is 0.318 bits per heavy atom. The van der Waals surface area contributed by atoms with Crippen molar-refractivity contribution in [2.24, 2.45) is 0 Å². The van der Waals surface area contributed by atoms with Gasteiger partial charge in [-0.2, -0.15) is 110 Å². The predicted octanol–water partition coefficient (Wildman–Crippen LogP) is 16.3. The van der Waals surface area contributed by atoms with E-state index >= 15 is 0 Å². The molecule has 0 unspecified atom stereocenters. The lowest BCUT2D eigenvalue weighted by molar-refractivity contribution is -0.277. The number of hydrogen-bond donors (Lipinski definition) is 0. The van der Waals surface area contributed by atoms with E-state index in [0.717, 1.165) is 42.3 Å². The van der Waals surface area contributed by atoms with Gasteiger partial charge in [-0.05, 0) is 98.7 Å². The molecule has 0 amide bonds. The lowest BCUT2D eigenvalue weighted by atomic mass is 10.3. The van der Waals surface area contributed by atoms with Gasteiger partial charge in [-0.25, -0.2) is 54.2 Å². The molecule has 0 aromatic heterocycles. The summed E-state index contributed by atoms with van der Waals surface area (Å²) >= 11 is 0. The number of rotatable bonds is 13. The maximum Gasteiger partial charge on any atom is 0.452 e. The molecule has 0 atom stereocenters. The molecule has 85 heavy (non-hydrogen) atoms. The average molecular weight is 1380 g/mol.